The summed E-state index contributed by atoms with van der Waals surface area (Å²) in [4.78, 5) is 50.2. The lowest BCUT2D eigenvalue weighted by Gasteiger charge is -2.51. The predicted octanol–water partition coefficient (Wildman–Crippen LogP) is -16.8. The first-order valence-electron chi connectivity index (χ1n) is 32.0. The lowest BCUT2D eigenvalue weighted by molar-refractivity contribution is -0.396. The third-order valence-electron chi connectivity index (χ3n) is 18.2. The van der Waals surface area contributed by atoms with E-state index in [1.165, 1.54) is 6.92 Å². The standard InChI is InChI=1S/C56H94N4O40/c1-13-29(70)39(80)42(83)53(88-13)86-12-24-45(37(78)25(49(85)89-24)57-14(2)66)96-52-28(60-17(5)69)38(79)44(22(10-65)94-52)97-54-43(84)46(98-56-48(41(82)33(74)21(9-64)93-56)100-51-27(59-16(4)68)36(77)31(72)19(7-62)91-51)34(75)23(95-54)11-87-55-47(40(81)32(73)20(8-63)92-55)99-50-26(58-15(3)67)35(76)30(71)18(6-61)90-50/h13,18-56,61-65,70-85H,6-12H2,1-5H3,(H,57,66)(H,58,67)(H,59,68)(H,60,69)/t13-,18+,19+,20+,21+,22+,23+,24+,25+,26+,27+,28+,29+,30+,31+,32+,33+,34+,35+,36+,37+,38+,39+,40-,41-,42-,43-,44+,45+,46-,47-,48-,49-,50-,51-,52+,53-,54-,55-,56+/m0/s1. The summed E-state index contributed by atoms with van der Waals surface area (Å²) in [7, 11) is 0. The molecule has 8 aliphatic rings. The van der Waals surface area contributed by atoms with Crippen LogP contribution in [0.15, 0.2) is 0 Å². The molecular formula is C56H94N4O40. The number of hydrogen-bond acceptors (Lipinski definition) is 40. The Bertz CT molecular complexity index is 2620. The van der Waals surface area contributed by atoms with Gasteiger partial charge in [0, 0.05) is 27.7 Å². The minimum Gasteiger partial charge on any atom is -0.394 e. The Labute approximate surface area is 567 Å². The van der Waals surface area contributed by atoms with Crippen molar-refractivity contribution < 1.29 is 197 Å². The van der Waals surface area contributed by atoms with E-state index in [2.05, 4.69) is 21.3 Å². The second-order valence-electron chi connectivity index (χ2n) is 25.4. The highest BCUT2D eigenvalue weighted by atomic mass is 16.8. The zero-order valence-corrected chi connectivity index (χ0v) is 54.2. The highest BCUT2D eigenvalue weighted by molar-refractivity contribution is 5.74. The van der Waals surface area contributed by atoms with E-state index in [0.29, 0.717) is 0 Å². The number of hydrogen-bond donors (Lipinski definition) is 25. The third kappa shape index (κ3) is 18.3. The smallest absolute Gasteiger partial charge is 0.217 e. The number of amides is 4. The average Bonchev–Trinajstić information content (AvgIpc) is 0.770. The summed E-state index contributed by atoms with van der Waals surface area (Å²) in [6.07, 6.45) is -71.6. The molecule has 40 atom stereocenters. The van der Waals surface area contributed by atoms with E-state index in [1.54, 1.807) is 0 Å². The molecule has 8 aliphatic heterocycles. The van der Waals surface area contributed by atoms with Crippen LogP contribution in [0.3, 0.4) is 0 Å². The Kier molecular flexibility index (Phi) is 29.3. The summed E-state index contributed by atoms with van der Waals surface area (Å²) in [5.41, 5.74) is 0. The van der Waals surface area contributed by atoms with Gasteiger partial charge in [0.2, 0.25) is 23.6 Å². The van der Waals surface area contributed by atoms with Crippen molar-refractivity contribution >= 4 is 23.6 Å². The number of aliphatic hydroxyl groups excluding tert-OH is 21. The van der Waals surface area contributed by atoms with Crippen molar-refractivity contribution in [2.45, 2.75) is 280 Å². The monoisotopic (exact) mass is 1460 g/mol. The second-order valence-corrected chi connectivity index (χ2v) is 25.4. The van der Waals surface area contributed by atoms with E-state index in [-0.39, 0.29) is 0 Å². The molecule has 0 aromatic carbocycles. The van der Waals surface area contributed by atoms with Gasteiger partial charge in [-0.2, -0.15) is 0 Å². The van der Waals surface area contributed by atoms with E-state index >= 15 is 0 Å². The van der Waals surface area contributed by atoms with E-state index < -0.39 is 315 Å². The van der Waals surface area contributed by atoms with E-state index in [9.17, 15) is 126 Å². The number of carbonyl (C=O) groups is 4. The Morgan fingerprint density at radius 1 is 0.280 bits per heavy atom. The van der Waals surface area contributed by atoms with Gasteiger partial charge < -0.3 is 200 Å². The minimum atomic E-state index is -2.50. The van der Waals surface area contributed by atoms with Crippen LogP contribution in [0.5, 0.6) is 0 Å². The van der Waals surface area contributed by atoms with Crippen molar-refractivity contribution in [3.8, 4) is 0 Å². The van der Waals surface area contributed by atoms with Gasteiger partial charge in [0.05, 0.1) is 52.4 Å². The minimum absolute atomic E-state index is 0.809. The van der Waals surface area contributed by atoms with Gasteiger partial charge in [-0.05, 0) is 6.92 Å². The van der Waals surface area contributed by atoms with Crippen LogP contribution in [0.25, 0.3) is 0 Å². The molecule has 0 spiro atoms. The summed E-state index contributed by atoms with van der Waals surface area (Å²) in [5, 5.41) is 242. The summed E-state index contributed by atoms with van der Waals surface area (Å²) < 4.78 is 88.8. The molecule has 25 N–H and O–H groups in total. The lowest BCUT2D eigenvalue weighted by Crippen LogP contribution is -2.71. The fraction of sp³-hybridized carbons (Fsp3) is 0.929. The first kappa shape index (κ1) is 82.1. The van der Waals surface area contributed by atoms with E-state index in [4.69, 9.17) is 71.1 Å². The fourth-order valence-corrected chi connectivity index (χ4v) is 12.8. The molecule has 100 heavy (non-hydrogen) atoms. The Hall–Kier alpha value is -3.56. The molecule has 4 amide bonds. The van der Waals surface area contributed by atoms with Gasteiger partial charge in [0.1, 0.15) is 189 Å². The van der Waals surface area contributed by atoms with Crippen LogP contribution in [0.2, 0.25) is 0 Å². The molecule has 8 fully saturated rings. The van der Waals surface area contributed by atoms with Crippen LogP contribution < -0.4 is 21.3 Å². The third-order valence-corrected chi connectivity index (χ3v) is 18.2. The highest BCUT2D eigenvalue weighted by Gasteiger charge is 2.60. The quantitative estimate of drug-likeness (QED) is 0.0404. The van der Waals surface area contributed by atoms with Crippen LogP contribution in [0, 0.1) is 0 Å². The molecule has 0 saturated carbocycles. The Morgan fingerprint density at radius 2 is 0.620 bits per heavy atom. The molecule has 0 unspecified atom stereocenters. The molecule has 8 saturated heterocycles. The number of aliphatic hydroxyl groups is 21. The van der Waals surface area contributed by atoms with Crippen molar-refractivity contribution in [2.24, 2.45) is 0 Å². The van der Waals surface area contributed by atoms with Gasteiger partial charge in [-0.25, -0.2) is 0 Å². The number of carbonyl (C=O) groups excluding carboxylic acids is 4. The van der Waals surface area contributed by atoms with E-state index in [0.717, 1.165) is 27.7 Å². The number of rotatable bonds is 25. The maximum absolute atomic E-state index is 13.1. The summed E-state index contributed by atoms with van der Waals surface area (Å²) in [5.74, 6) is -3.42. The van der Waals surface area contributed by atoms with Crippen LogP contribution in [0.4, 0.5) is 0 Å². The van der Waals surface area contributed by atoms with Crippen LogP contribution in [0.1, 0.15) is 34.6 Å². The second kappa shape index (κ2) is 35.7. The maximum atomic E-state index is 13.1. The molecule has 578 valence electrons. The zero-order valence-electron chi connectivity index (χ0n) is 54.2. The summed E-state index contributed by atoms with van der Waals surface area (Å²) >= 11 is 0. The number of nitrogens with one attached hydrogen (secondary N) is 4. The SMILES string of the molecule is CC(=O)N[C@@H]1[C@@H](O)[C@H](O[C@H]2O[C@H](CO)[C@@H](O[C@@H]3O[C@H](CO[C@H]4O[C@H](CO)[C@@H](O)[C@H](O)[C@@H]4O[C@@H]4O[C@H](CO)[C@@H](O)[C@H](O)[C@H]4NC(C)=O)[C@@H](O)[C@H](O[C@H]4O[C@H](CO)[C@@H](O)[C@H](O)[C@@H]4O[C@@H]4O[C@H](CO)[C@@H](O)[C@H](O)[C@H]4NC(C)=O)[C@@H]3O)[C@H](O)[C@H]2NC(C)=O)[C@@H](CO[C@H]2O[C@@H](C)[C@@H](O)[C@@H](O)[C@@H]2O)O[C@@H]1O. The molecule has 8 rings (SSSR count). The van der Waals surface area contributed by atoms with Crippen LogP contribution in [-0.4, -0.2) is 423 Å². The largest absolute Gasteiger partial charge is 0.394 e. The molecule has 0 aliphatic carbocycles. The normalized spacial score (nSPS) is 48.7. The van der Waals surface area contributed by atoms with Crippen LogP contribution in [-0.2, 0) is 90.2 Å². The highest BCUT2D eigenvalue weighted by Crippen LogP contribution is 2.38. The van der Waals surface area contributed by atoms with E-state index in [1.807, 2.05) is 0 Å². The van der Waals surface area contributed by atoms with Crippen molar-refractivity contribution in [3.05, 3.63) is 0 Å². The Morgan fingerprint density at radius 3 is 1.09 bits per heavy atom. The van der Waals surface area contributed by atoms with Gasteiger partial charge in [0.25, 0.3) is 0 Å². The van der Waals surface area contributed by atoms with Gasteiger partial charge in [-0.15, -0.1) is 0 Å². The molecule has 0 radical (unpaired) electrons. The van der Waals surface area contributed by atoms with Crippen molar-refractivity contribution in [1.82, 2.24) is 21.3 Å². The molecule has 44 nitrogen and oxygen atoms in total. The van der Waals surface area contributed by atoms with Crippen LogP contribution >= 0.6 is 0 Å². The van der Waals surface area contributed by atoms with Gasteiger partial charge in [0.15, 0.2) is 50.3 Å². The maximum Gasteiger partial charge on any atom is 0.217 e. The fourth-order valence-electron chi connectivity index (χ4n) is 12.8. The molecule has 8 heterocycles. The number of ether oxygens (including phenoxy) is 15. The first-order chi connectivity index (χ1) is 47.2. The van der Waals surface area contributed by atoms with Gasteiger partial charge in [-0.3, -0.25) is 19.2 Å². The van der Waals surface area contributed by atoms with Crippen molar-refractivity contribution in [1.29, 1.82) is 0 Å². The topological polar surface area (TPSA) is 680 Å². The molecular weight excluding hydrogens is 1370 g/mol. The Balaban J connectivity index is 1.14. The average molecular weight is 1460 g/mol. The first-order valence-corrected chi connectivity index (χ1v) is 32.0. The molecule has 44 heteroatoms. The van der Waals surface area contributed by atoms with Gasteiger partial charge >= 0.3 is 0 Å². The lowest BCUT2D eigenvalue weighted by atomic mass is 9.93. The predicted molar refractivity (Wildman–Crippen MR) is 309 cm³/mol. The zero-order chi connectivity index (χ0) is 73.8. The molecule has 0 aromatic rings. The molecule has 0 aromatic heterocycles. The molecule has 0 bridgehead atoms. The van der Waals surface area contributed by atoms with Gasteiger partial charge in [-0.1, -0.05) is 0 Å². The summed E-state index contributed by atoms with van der Waals surface area (Å²) in [6.45, 7) is -1.92. The summed E-state index contributed by atoms with van der Waals surface area (Å²) in [6, 6.07) is -7.10. The van der Waals surface area contributed by atoms with Crippen molar-refractivity contribution in [2.75, 3.05) is 46.2 Å². The van der Waals surface area contributed by atoms with Crippen molar-refractivity contribution in [3.63, 3.8) is 0 Å².